The maximum Gasteiger partial charge on any atom is 0.213 e. The summed E-state index contributed by atoms with van der Waals surface area (Å²) in [6.07, 6.45) is 6.34. The number of hydrogen-bond donors (Lipinski definition) is 1. The summed E-state index contributed by atoms with van der Waals surface area (Å²) in [6.45, 7) is 1.07. The van der Waals surface area contributed by atoms with Crippen LogP contribution in [0.5, 0.6) is 0 Å². The zero-order valence-corrected chi connectivity index (χ0v) is 6.99. The molecular weight excluding hydrogens is 154 g/mol. The van der Waals surface area contributed by atoms with Crippen molar-refractivity contribution in [3.63, 3.8) is 0 Å². The Morgan fingerprint density at radius 2 is 2.42 bits per heavy atom. The molecule has 0 aliphatic carbocycles. The first-order valence-electron chi connectivity index (χ1n) is 4.46. The fourth-order valence-electron chi connectivity index (χ4n) is 1.58. The molecule has 1 aromatic rings. The van der Waals surface area contributed by atoms with E-state index in [1.54, 1.807) is 0 Å². The lowest BCUT2D eigenvalue weighted by molar-refractivity contribution is 0.393. The van der Waals surface area contributed by atoms with Gasteiger partial charge in [-0.25, -0.2) is 0 Å². The van der Waals surface area contributed by atoms with Crippen molar-refractivity contribution < 1.29 is 4.52 Å². The van der Waals surface area contributed by atoms with E-state index in [2.05, 4.69) is 15.5 Å². The van der Waals surface area contributed by atoms with Gasteiger partial charge in [0.25, 0.3) is 0 Å². The third-order valence-electron chi connectivity index (χ3n) is 2.25. The molecule has 4 nitrogen and oxygen atoms in total. The van der Waals surface area contributed by atoms with E-state index in [1.165, 1.54) is 25.7 Å². The maximum atomic E-state index is 4.71. The van der Waals surface area contributed by atoms with Gasteiger partial charge in [0.15, 0.2) is 5.82 Å². The second-order valence-corrected chi connectivity index (χ2v) is 3.15. The Hall–Kier alpha value is -0.900. The highest BCUT2D eigenvalue weighted by Gasteiger charge is 2.16. The first-order chi connectivity index (χ1) is 5.97. The molecule has 0 radical (unpaired) electrons. The van der Waals surface area contributed by atoms with Crippen molar-refractivity contribution in [1.29, 1.82) is 0 Å². The molecule has 4 heteroatoms. The lowest BCUT2D eigenvalue weighted by Crippen LogP contribution is -2.21. The lowest BCUT2D eigenvalue weighted by Gasteiger charge is -2.09. The summed E-state index contributed by atoms with van der Waals surface area (Å²) in [5, 5.41) is 7.23. The SMILES string of the molecule is c1nc([C@@H]2CCCCCN2)no1. The molecular formula is C8H13N3O. The van der Waals surface area contributed by atoms with Crippen molar-refractivity contribution in [2.24, 2.45) is 0 Å². The van der Waals surface area contributed by atoms with E-state index in [0.29, 0.717) is 6.04 Å². The Kier molecular flexibility index (Phi) is 2.36. The smallest absolute Gasteiger partial charge is 0.213 e. The van der Waals surface area contributed by atoms with Crippen molar-refractivity contribution in [2.45, 2.75) is 31.7 Å². The van der Waals surface area contributed by atoms with Crippen LogP contribution in [0, 0.1) is 0 Å². The van der Waals surface area contributed by atoms with Gasteiger partial charge in [-0.2, -0.15) is 4.98 Å². The molecule has 1 aliphatic heterocycles. The first-order valence-corrected chi connectivity index (χ1v) is 4.46. The molecule has 0 amide bonds. The molecule has 66 valence electrons. The highest BCUT2D eigenvalue weighted by atomic mass is 16.5. The fourth-order valence-corrected chi connectivity index (χ4v) is 1.58. The third kappa shape index (κ3) is 1.64. The van der Waals surface area contributed by atoms with Crippen LogP contribution in [0.2, 0.25) is 0 Å². The number of aromatic nitrogens is 2. The van der Waals surface area contributed by atoms with E-state index in [-0.39, 0.29) is 0 Å². The minimum Gasteiger partial charge on any atom is -0.343 e. The van der Waals surface area contributed by atoms with Crippen LogP contribution in [-0.2, 0) is 0 Å². The summed E-state index contributed by atoms with van der Waals surface area (Å²) < 4.78 is 4.71. The van der Waals surface area contributed by atoms with Gasteiger partial charge >= 0.3 is 0 Å². The average Bonchev–Trinajstić information content (AvgIpc) is 2.48. The Balaban J connectivity index is 2.02. The number of rotatable bonds is 1. The second-order valence-electron chi connectivity index (χ2n) is 3.15. The normalized spacial score (nSPS) is 25.2. The Morgan fingerprint density at radius 3 is 3.25 bits per heavy atom. The molecule has 1 aromatic heterocycles. The van der Waals surface area contributed by atoms with Crippen LogP contribution in [0.3, 0.4) is 0 Å². The maximum absolute atomic E-state index is 4.71. The van der Waals surface area contributed by atoms with Gasteiger partial charge in [-0.05, 0) is 19.4 Å². The van der Waals surface area contributed by atoms with Gasteiger partial charge in [0, 0.05) is 0 Å². The molecule has 0 saturated carbocycles. The molecule has 0 aromatic carbocycles. The molecule has 2 heterocycles. The second kappa shape index (κ2) is 3.67. The Morgan fingerprint density at radius 1 is 1.42 bits per heavy atom. The van der Waals surface area contributed by atoms with Crippen LogP contribution in [0.25, 0.3) is 0 Å². The molecule has 1 saturated heterocycles. The summed E-state index contributed by atoms with van der Waals surface area (Å²) in [4.78, 5) is 4.04. The van der Waals surface area contributed by atoms with Crippen LogP contribution < -0.4 is 5.32 Å². The molecule has 0 bridgehead atoms. The standard InChI is InChI=1S/C8H13N3O/c1-2-4-7(9-5-3-1)8-10-6-12-11-8/h6-7,9H,1-5H2/t7-/m0/s1. The van der Waals surface area contributed by atoms with E-state index in [0.717, 1.165) is 18.8 Å². The van der Waals surface area contributed by atoms with Gasteiger partial charge in [-0.15, -0.1) is 0 Å². The van der Waals surface area contributed by atoms with E-state index in [1.807, 2.05) is 0 Å². The summed E-state index contributed by atoms with van der Waals surface area (Å²) >= 11 is 0. The van der Waals surface area contributed by atoms with Gasteiger partial charge < -0.3 is 9.84 Å². The largest absolute Gasteiger partial charge is 0.343 e. The fraction of sp³-hybridized carbons (Fsp3) is 0.750. The summed E-state index contributed by atoms with van der Waals surface area (Å²) in [6, 6.07) is 0.311. The van der Waals surface area contributed by atoms with Gasteiger partial charge in [0.2, 0.25) is 6.39 Å². The van der Waals surface area contributed by atoms with Gasteiger partial charge in [-0.1, -0.05) is 18.0 Å². The molecule has 0 unspecified atom stereocenters. The Bertz CT molecular complexity index is 214. The van der Waals surface area contributed by atoms with Crippen LogP contribution in [-0.4, -0.2) is 16.7 Å². The third-order valence-corrected chi connectivity index (χ3v) is 2.25. The van der Waals surface area contributed by atoms with Crippen LogP contribution >= 0.6 is 0 Å². The Labute approximate surface area is 71.4 Å². The van der Waals surface area contributed by atoms with Crippen LogP contribution in [0.15, 0.2) is 10.9 Å². The van der Waals surface area contributed by atoms with Crippen LogP contribution in [0.4, 0.5) is 0 Å². The van der Waals surface area contributed by atoms with E-state index < -0.39 is 0 Å². The highest BCUT2D eigenvalue weighted by Crippen LogP contribution is 2.18. The molecule has 1 N–H and O–H groups in total. The van der Waals surface area contributed by atoms with Crippen molar-refractivity contribution in [3.05, 3.63) is 12.2 Å². The predicted octanol–water partition coefficient (Wildman–Crippen LogP) is 1.27. The summed E-state index contributed by atoms with van der Waals surface area (Å²) in [7, 11) is 0. The van der Waals surface area contributed by atoms with Gasteiger partial charge in [0.05, 0.1) is 6.04 Å². The van der Waals surface area contributed by atoms with Gasteiger partial charge in [0.1, 0.15) is 0 Å². The summed E-state index contributed by atoms with van der Waals surface area (Å²) in [5.41, 5.74) is 0. The van der Waals surface area contributed by atoms with E-state index in [9.17, 15) is 0 Å². The molecule has 12 heavy (non-hydrogen) atoms. The highest BCUT2D eigenvalue weighted by molar-refractivity contribution is 4.90. The van der Waals surface area contributed by atoms with Crippen molar-refractivity contribution in [3.8, 4) is 0 Å². The summed E-state index contributed by atoms with van der Waals surface area (Å²) in [5.74, 6) is 0.803. The minimum atomic E-state index is 0.311. The molecule has 1 atom stereocenters. The van der Waals surface area contributed by atoms with E-state index in [4.69, 9.17) is 4.52 Å². The number of nitrogens with zero attached hydrogens (tertiary/aromatic N) is 2. The predicted molar refractivity (Wildman–Crippen MR) is 43.5 cm³/mol. The van der Waals surface area contributed by atoms with Crippen molar-refractivity contribution in [2.75, 3.05) is 6.54 Å². The quantitative estimate of drug-likeness (QED) is 0.684. The van der Waals surface area contributed by atoms with Crippen molar-refractivity contribution in [1.82, 2.24) is 15.5 Å². The topological polar surface area (TPSA) is 51.0 Å². The minimum absolute atomic E-state index is 0.311. The number of nitrogens with one attached hydrogen (secondary N) is 1. The van der Waals surface area contributed by atoms with Crippen molar-refractivity contribution >= 4 is 0 Å². The number of hydrogen-bond acceptors (Lipinski definition) is 4. The zero-order chi connectivity index (χ0) is 8.23. The molecule has 2 rings (SSSR count). The van der Waals surface area contributed by atoms with E-state index >= 15 is 0 Å². The monoisotopic (exact) mass is 167 g/mol. The molecule has 1 fully saturated rings. The lowest BCUT2D eigenvalue weighted by atomic mass is 10.1. The zero-order valence-electron chi connectivity index (χ0n) is 6.99. The van der Waals surface area contributed by atoms with Crippen LogP contribution in [0.1, 0.15) is 37.5 Å². The first kappa shape index (κ1) is 7.73. The average molecular weight is 167 g/mol. The van der Waals surface area contributed by atoms with Gasteiger partial charge in [-0.3, -0.25) is 0 Å². The molecule has 1 aliphatic rings. The molecule has 0 spiro atoms.